The number of pyridine rings is 1. The number of urea groups is 1. The molecule has 0 aliphatic carbocycles. The van der Waals surface area contributed by atoms with Crippen molar-refractivity contribution in [2.75, 3.05) is 36.9 Å². The number of halogens is 3. The predicted octanol–water partition coefficient (Wildman–Crippen LogP) is 5.31. The van der Waals surface area contributed by atoms with E-state index in [1.165, 1.54) is 23.2 Å². The summed E-state index contributed by atoms with van der Waals surface area (Å²) in [6.07, 6.45) is -0.635. The van der Waals surface area contributed by atoms with Gasteiger partial charge in [0, 0.05) is 36.2 Å². The number of piperidine rings is 1. The molecule has 0 spiro atoms. The smallest absolute Gasteiger partial charge is 0.416 e. The first-order valence-electron chi connectivity index (χ1n) is 12.7. The van der Waals surface area contributed by atoms with Gasteiger partial charge in [-0.1, -0.05) is 6.07 Å². The molecule has 1 aromatic heterocycles. The molecule has 0 radical (unpaired) electrons. The van der Waals surface area contributed by atoms with Crippen molar-refractivity contribution in [2.24, 2.45) is 0 Å². The van der Waals surface area contributed by atoms with Crippen LogP contribution < -0.4 is 20.3 Å². The van der Waals surface area contributed by atoms with Gasteiger partial charge in [-0.2, -0.15) is 13.2 Å². The minimum Gasteiger partial charge on any atom is -0.457 e. The van der Waals surface area contributed by atoms with Crippen LogP contribution in [0.15, 0.2) is 60.8 Å². The average molecular weight is 540 g/mol. The fraction of sp³-hybridized carbons (Fsp3) is 0.321. The summed E-state index contributed by atoms with van der Waals surface area (Å²) >= 11 is 0. The molecule has 1 saturated heterocycles. The maximum absolute atomic E-state index is 13.0. The number of nitrogens with one attached hydrogen (secondary N) is 2. The standard InChI is InChI=1S/C28H28F3N5O3/c1-35-12-9-20(10-13-35)33-26(37)24-17-23(7-11-32-24)39-22-5-6-25-18(15-22)8-14-36(25)27(38)34-21-4-2-3-19(16-21)28(29,30)31/h2-7,11,15-17,20H,8-10,12-14H2,1H3,(H,33,37)(H,34,38). The number of amides is 3. The molecular formula is C28H28F3N5O3. The first-order chi connectivity index (χ1) is 18.7. The number of likely N-dealkylation sites (tertiary alicyclic amines) is 1. The van der Waals surface area contributed by atoms with Gasteiger partial charge in [-0.3, -0.25) is 14.7 Å². The third-order valence-electron chi connectivity index (χ3n) is 6.89. The monoisotopic (exact) mass is 539 g/mol. The van der Waals surface area contributed by atoms with Gasteiger partial charge in [0.25, 0.3) is 5.91 Å². The molecule has 0 saturated carbocycles. The lowest BCUT2D eigenvalue weighted by Gasteiger charge is -2.29. The summed E-state index contributed by atoms with van der Waals surface area (Å²) in [4.78, 5) is 33.4. The molecule has 5 rings (SSSR count). The van der Waals surface area contributed by atoms with Gasteiger partial charge < -0.3 is 20.3 Å². The highest BCUT2D eigenvalue weighted by Crippen LogP contribution is 2.34. The van der Waals surface area contributed by atoms with Gasteiger partial charge >= 0.3 is 12.2 Å². The van der Waals surface area contributed by atoms with Crippen LogP contribution in [0.2, 0.25) is 0 Å². The number of aromatic nitrogens is 1. The zero-order valence-corrected chi connectivity index (χ0v) is 21.3. The summed E-state index contributed by atoms with van der Waals surface area (Å²) in [6, 6.07) is 12.6. The first kappa shape index (κ1) is 26.5. The maximum atomic E-state index is 13.0. The van der Waals surface area contributed by atoms with E-state index in [0.29, 0.717) is 30.2 Å². The molecule has 0 unspecified atom stereocenters. The first-order valence-corrected chi connectivity index (χ1v) is 12.7. The van der Waals surface area contributed by atoms with E-state index in [4.69, 9.17) is 4.74 Å². The number of rotatable bonds is 5. The van der Waals surface area contributed by atoms with Gasteiger partial charge in [-0.25, -0.2) is 4.79 Å². The lowest BCUT2D eigenvalue weighted by Crippen LogP contribution is -2.43. The third-order valence-corrected chi connectivity index (χ3v) is 6.89. The van der Waals surface area contributed by atoms with Crippen molar-refractivity contribution < 1.29 is 27.5 Å². The van der Waals surface area contributed by atoms with Gasteiger partial charge in [0.1, 0.15) is 17.2 Å². The summed E-state index contributed by atoms with van der Waals surface area (Å²) in [5, 5.41) is 5.59. The Morgan fingerprint density at radius 3 is 2.54 bits per heavy atom. The molecule has 39 heavy (non-hydrogen) atoms. The van der Waals surface area contributed by atoms with Gasteiger partial charge in [-0.05, 0) is 87.4 Å². The number of nitrogens with zero attached hydrogens (tertiary/aromatic N) is 3. The largest absolute Gasteiger partial charge is 0.457 e. The topological polar surface area (TPSA) is 86.8 Å². The van der Waals surface area contributed by atoms with E-state index in [-0.39, 0.29) is 23.3 Å². The molecular weight excluding hydrogens is 511 g/mol. The van der Waals surface area contributed by atoms with Crippen molar-refractivity contribution in [3.63, 3.8) is 0 Å². The number of carbonyl (C=O) groups is 2. The molecule has 3 amide bonds. The van der Waals surface area contributed by atoms with Gasteiger partial charge in [0.05, 0.1) is 5.56 Å². The van der Waals surface area contributed by atoms with Crippen molar-refractivity contribution in [2.45, 2.75) is 31.5 Å². The lowest BCUT2D eigenvalue weighted by molar-refractivity contribution is -0.137. The minimum absolute atomic E-state index is 0.0663. The Kier molecular flexibility index (Phi) is 7.42. The van der Waals surface area contributed by atoms with Crippen LogP contribution in [0.1, 0.15) is 34.5 Å². The van der Waals surface area contributed by atoms with E-state index < -0.39 is 17.8 Å². The van der Waals surface area contributed by atoms with Crippen LogP contribution in [-0.4, -0.2) is 54.5 Å². The van der Waals surface area contributed by atoms with Crippen LogP contribution in [0.5, 0.6) is 11.5 Å². The van der Waals surface area contributed by atoms with Crippen molar-refractivity contribution in [3.05, 3.63) is 77.6 Å². The minimum atomic E-state index is -4.50. The molecule has 0 atom stereocenters. The van der Waals surface area contributed by atoms with Crippen molar-refractivity contribution in [1.82, 2.24) is 15.2 Å². The normalized spacial score (nSPS) is 16.1. The van der Waals surface area contributed by atoms with Gasteiger partial charge in [0.2, 0.25) is 0 Å². The second-order valence-corrected chi connectivity index (χ2v) is 9.73. The highest BCUT2D eigenvalue weighted by atomic mass is 19.4. The third kappa shape index (κ3) is 6.31. The summed E-state index contributed by atoms with van der Waals surface area (Å²) in [6.45, 7) is 2.24. The summed E-state index contributed by atoms with van der Waals surface area (Å²) in [5.74, 6) is 0.740. The van der Waals surface area contributed by atoms with Crippen LogP contribution >= 0.6 is 0 Å². The van der Waals surface area contributed by atoms with Crippen molar-refractivity contribution in [1.29, 1.82) is 0 Å². The van der Waals surface area contributed by atoms with E-state index in [0.717, 1.165) is 43.6 Å². The van der Waals surface area contributed by atoms with Gasteiger partial charge in [0.15, 0.2) is 0 Å². The van der Waals surface area contributed by atoms with E-state index in [1.807, 2.05) is 6.07 Å². The molecule has 204 valence electrons. The van der Waals surface area contributed by atoms with Crippen LogP contribution in [0.4, 0.5) is 29.3 Å². The Labute approximate surface area is 223 Å². The number of benzene rings is 2. The fourth-order valence-corrected chi connectivity index (χ4v) is 4.76. The molecule has 1 fully saturated rings. The predicted molar refractivity (Wildman–Crippen MR) is 140 cm³/mol. The van der Waals surface area contributed by atoms with Crippen molar-refractivity contribution in [3.8, 4) is 11.5 Å². The number of hydrogen-bond acceptors (Lipinski definition) is 5. The number of hydrogen-bond donors (Lipinski definition) is 2. The Morgan fingerprint density at radius 2 is 1.77 bits per heavy atom. The zero-order valence-electron chi connectivity index (χ0n) is 21.3. The van der Waals surface area contributed by atoms with E-state index in [1.54, 1.807) is 24.3 Å². The van der Waals surface area contributed by atoms with E-state index in [9.17, 15) is 22.8 Å². The summed E-state index contributed by atoms with van der Waals surface area (Å²) in [7, 11) is 2.06. The highest BCUT2D eigenvalue weighted by Gasteiger charge is 2.31. The molecule has 11 heteroatoms. The Bertz CT molecular complexity index is 1370. The Hall–Kier alpha value is -4.12. The van der Waals surface area contributed by atoms with Crippen LogP contribution in [0.3, 0.4) is 0 Å². The van der Waals surface area contributed by atoms with E-state index >= 15 is 0 Å². The Balaban J connectivity index is 1.23. The second kappa shape index (κ2) is 10.9. The molecule has 2 aliphatic heterocycles. The SMILES string of the molecule is CN1CCC(NC(=O)c2cc(Oc3ccc4c(c3)CCN4C(=O)Nc3cccc(C(F)(F)F)c3)ccn2)CC1. The molecule has 3 heterocycles. The summed E-state index contributed by atoms with van der Waals surface area (Å²) < 4.78 is 45.0. The highest BCUT2D eigenvalue weighted by molar-refractivity contribution is 6.03. The molecule has 3 aromatic rings. The number of fused-ring (bicyclic) bond motifs is 1. The number of carbonyl (C=O) groups excluding carboxylic acids is 2. The summed E-state index contributed by atoms with van der Waals surface area (Å²) in [5.41, 5.74) is 1.02. The zero-order chi connectivity index (χ0) is 27.6. The second-order valence-electron chi connectivity index (χ2n) is 9.73. The fourth-order valence-electron chi connectivity index (χ4n) is 4.76. The molecule has 2 N–H and O–H groups in total. The molecule has 0 bridgehead atoms. The van der Waals surface area contributed by atoms with Crippen LogP contribution in [0.25, 0.3) is 0 Å². The van der Waals surface area contributed by atoms with Gasteiger partial charge in [-0.15, -0.1) is 0 Å². The lowest BCUT2D eigenvalue weighted by atomic mass is 10.1. The Morgan fingerprint density at radius 1 is 1.00 bits per heavy atom. The number of ether oxygens (including phenoxy) is 1. The number of anilines is 2. The average Bonchev–Trinajstić information content (AvgIpc) is 3.33. The molecule has 2 aliphatic rings. The van der Waals surface area contributed by atoms with Crippen LogP contribution in [0, 0.1) is 0 Å². The molecule has 2 aromatic carbocycles. The quantitative estimate of drug-likeness (QED) is 0.459. The van der Waals surface area contributed by atoms with Crippen LogP contribution in [-0.2, 0) is 12.6 Å². The maximum Gasteiger partial charge on any atom is 0.416 e. The number of alkyl halides is 3. The molecule has 8 nitrogen and oxygen atoms in total. The van der Waals surface area contributed by atoms with Crippen molar-refractivity contribution >= 4 is 23.3 Å². The van der Waals surface area contributed by atoms with E-state index in [2.05, 4.69) is 27.6 Å².